The number of benzene rings is 2. The second-order valence-electron chi connectivity index (χ2n) is 8.27. The Labute approximate surface area is 193 Å². The van der Waals surface area contributed by atoms with Gasteiger partial charge in [0.05, 0.1) is 9.82 Å². The van der Waals surface area contributed by atoms with Crippen molar-refractivity contribution in [2.75, 3.05) is 44.2 Å². The van der Waals surface area contributed by atoms with E-state index >= 15 is 0 Å². The van der Waals surface area contributed by atoms with Crippen LogP contribution >= 0.6 is 11.6 Å². The topological polar surface area (TPSA) is 87.0 Å². The number of hydrogen-bond acceptors (Lipinski definition) is 6. The molecule has 32 heavy (non-hydrogen) atoms. The van der Waals surface area contributed by atoms with Gasteiger partial charge in [-0.2, -0.15) is 4.31 Å². The lowest BCUT2D eigenvalue weighted by Crippen LogP contribution is -2.46. The van der Waals surface area contributed by atoms with E-state index in [0.29, 0.717) is 36.9 Å². The zero-order valence-corrected chi connectivity index (χ0v) is 19.4. The molecular weight excluding hydrogens is 452 g/mol. The molecule has 10 heteroatoms. The van der Waals surface area contributed by atoms with E-state index in [9.17, 15) is 18.5 Å². The molecule has 0 aliphatic carbocycles. The standard InChI is InChI=1S/C22H27ClN4O4S/c23-19-6-4-5-18(15-19)17-24-11-13-25(14-12-24)21-8-7-20(16-22(21)27(28)29)32(30,31)26-9-2-1-3-10-26/h4-8,15-16H,1-3,9-14,17H2. The molecule has 0 radical (unpaired) electrons. The summed E-state index contributed by atoms with van der Waals surface area (Å²) >= 11 is 6.07. The molecule has 0 atom stereocenters. The third-order valence-corrected chi connectivity index (χ3v) is 8.23. The maximum Gasteiger partial charge on any atom is 0.293 e. The molecule has 0 amide bonds. The van der Waals surface area contributed by atoms with Crippen LogP contribution in [0, 0.1) is 10.1 Å². The highest BCUT2D eigenvalue weighted by Gasteiger charge is 2.30. The first kappa shape index (κ1) is 23.0. The fraction of sp³-hybridized carbons (Fsp3) is 0.455. The van der Waals surface area contributed by atoms with Gasteiger partial charge in [0, 0.05) is 56.9 Å². The normalized spacial score (nSPS) is 18.6. The summed E-state index contributed by atoms with van der Waals surface area (Å²) in [6.45, 7) is 4.44. The van der Waals surface area contributed by atoms with Crippen LogP contribution in [0.15, 0.2) is 47.4 Å². The summed E-state index contributed by atoms with van der Waals surface area (Å²) in [6, 6.07) is 12.1. The van der Waals surface area contributed by atoms with Gasteiger partial charge < -0.3 is 4.90 Å². The lowest BCUT2D eigenvalue weighted by atomic mass is 10.1. The van der Waals surface area contributed by atoms with E-state index in [0.717, 1.165) is 44.5 Å². The molecule has 0 N–H and O–H groups in total. The van der Waals surface area contributed by atoms with E-state index in [1.807, 2.05) is 29.2 Å². The van der Waals surface area contributed by atoms with E-state index in [-0.39, 0.29) is 10.6 Å². The summed E-state index contributed by atoms with van der Waals surface area (Å²) in [5, 5.41) is 12.5. The molecule has 0 aromatic heterocycles. The summed E-state index contributed by atoms with van der Waals surface area (Å²) in [5.74, 6) is 0. The van der Waals surface area contributed by atoms with Gasteiger partial charge in [-0.25, -0.2) is 8.42 Å². The third-order valence-electron chi connectivity index (χ3n) is 6.10. The summed E-state index contributed by atoms with van der Waals surface area (Å²) < 4.78 is 27.4. The first-order chi connectivity index (χ1) is 15.3. The molecule has 0 spiro atoms. The minimum atomic E-state index is -3.72. The van der Waals surface area contributed by atoms with Crippen molar-refractivity contribution in [2.24, 2.45) is 0 Å². The molecule has 172 valence electrons. The maximum atomic E-state index is 13.0. The first-order valence-electron chi connectivity index (χ1n) is 10.8. The Hall–Kier alpha value is -2.20. The van der Waals surface area contributed by atoms with E-state index < -0.39 is 14.9 Å². The molecule has 0 bridgehead atoms. The van der Waals surface area contributed by atoms with Gasteiger partial charge in [0.2, 0.25) is 10.0 Å². The van der Waals surface area contributed by atoms with Crippen molar-refractivity contribution in [2.45, 2.75) is 30.7 Å². The molecule has 2 heterocycles. The van der Waals surface area contributed by atoms with Gasteiger partial charge in [-0.05, 0) is 42.7 Å². The average molecular weight is 479 g/mol. The fourth-order valence-corrected chi connectivity index (χ4v) is 6.12. The molecule has 2 saturated heterocycles. The molecule has 4 rings (SSSR count). The second kappa shape index (κ2) is 9.74. The van der Waals surface area contributed by atoms with Crippen molar-refractivity contribution >= 4 is 33.0 Å². The van der Waals surface area contributed by atoms with Gasteiger partial charge in [0.15, 0.2) is 0 Å². The van der Waals surface area contributed by atoms with E-state index in [1.54, 1.807) is 6.07 Å². The van der Waals surface area contributed by atoms with Crippen LogP contribution in [0.2, 0.25) is 5.02 Å². The van der Waals surface area contributed by atoms with Crippen molar-refractivity contribution < 1.29 is 13.3 Å². The van der Waals surface area contributed by atoms with Crippen LogP contribution in [-0.2, 0) is 16.6 Å². The number of anilines is 1. The van der Waals surface area contributed by atoms with Crippen LogP contribution in [0.1, 0.15) is 24.8 Å². The zero-order valence-electron chi connectivity index (χ0n) is 17.8. The van der Waals surface area contributed by atoms with Gasteiger partial charge in [-0.15, -0.1) is 0 Å². The van der Waals surface area contributed by atoms with Crippen molar-refractivity contribution in [3.05, 3.63) is 63.2 Å². The van der Waals surface area contributed by atoms with E-state index in [1.165, 1.54) is 16.4 Å². The predicted molar refractivity (Wildman–Crippen MR) is 125 cm³/mol. The van der Waals surface area contributed by atoms with Gasteiger partial charge >= 0.3 is 0 Å². The molecule has 2 fully saturated rings. The van der Waals surface area contributed by atoms with Gasteiger partial charge in [0.1, 0.15) is 5.69 Å². The highest BCUT2D eigenvalue weighted by molar-refractivity contribution is 7.89. The van der Waals surface area contributed by atoms with Crippen LogP contribution < -0.4 is 4.90 Å². The Morgan fingerprint density at radius 2 is 1.66 bits per heavy atom. The highest BCUT2D eigenvalue weighted by Crippen LogP contribution is 2.33. The Morgan fingerprint density at radius 3 is 2.31 bits per heavy atom. The number of nitro benzene ring substituents is 1. The fourth-order valence-electron chi connectivity index (χ4n) is 4.37. The molecule has 2 aliphatic rings. The molecule has 8 nitrogen and oxygen atoms in total. The van der Waals surface area contributed by atoms with Crippen LogP contribution in [0.5, 0.6) is 0 Å². The molecule has 2 aromatic carbocycles. The van der Waals surface area contributed by atoms with Crippen molar-refractivity contribution in [1.82, 2.24) is 9.21 Å². The Morgan fingerprint density at radius 1 is 0.938 bits per heavy atom. The largest absolute Gasteiger partial charge is 0.363 e. The number of nitrogens with zero attached hydrogens (tertiary/aromatic N) is 4. The van der Waals surface area contributed by atoms with Crippen LogP contribution in [0.25, 0.3) is 0 Å². The predicted octanol–water partition coefficient (Wildman–Crippen LogP) is 3.75. The van der Waals surface area contributed by atoms with Gasteiger partial charge in [-0.3, -0.25) is 15.0 Å². The summed E-state index contributed by atoms with van der Waals surface area (Å²) in [4.78, 5) is 15.6. The van der Waals surface area contributed by atoms with Gasteiger partial charge in [0.25, 0.3) is 5.69 Å². The van der Waals surface area contributed by atoms with Crippen molar-refractivity contribution in [3.8, 4) is 0 Å². The summed E-state index contributed by atoms with van der Waals surface area (Å²) in [6.07, 6.45) is 2.64. The molecule has 2 aliphatic heterocycles. The number of halogens is 1. The molecule has 2 aromatic rings. The third kappa shape index (κ3) is 5.06. The van der Waals surface area contributed by atoms with Crippen LogP contribution in [0.4, 0.5) is 11.4 Å². The quantitative estimate of drug-likeness (QED) is 0.464. The minimum absolute atomic E-state index is 0.00515. The minimum Gasteiger partial charge on any atom is -0.363 e. The second-order valence-corrected chi connectivity index (χ2v) is 10.6. The molecule has 0 unspecified atom stereocenters. The Bertz CT molecular complexity index is 1080. The van der Waals surface area contributed by atoms with E-state index in [4.69, 9.17) is 11.6 Å². The zero-order chi connectivity index (χ0) is 22.7. The van der Waals surface area contributed by atoms with Crippen molar-refractivity contribution in [1.29, 1.82) is 0 Å². The monoisotopic (exact) mass is 478 g/mol. The smallest absolute Gasteiger partial charge is 0.293 e. The van der Waals surface area contributed by atoms with Crippen LogP contribution in [-0.4, -0.2) is 61.8 Å². The van der Waals surface area contributed by atoms with Crippen molar-refractivity contribution in [3.63, 3.8) is 0 Å². The average Bonchev–Trinajstić information content (AvgIpc) is 2.80. The number of piperidine rings is 1. The highest BCUT2D eigenvalue weighted by atomic mass is 35.5. The number of piperazine rings is 1. The summed E-state index contributed by atoms with van der Waals surface area (Å²) in [7, 11) is -3.72. The Kier molecular flexibility index (Phi) is 6.99. The number of nitro groups is 1. The lowest BCUT2D eigenvalue weighted by molar-refractivity contribution is -0.384. The first-order valence-corrected chi connectivity index (χ1v) is 12.7. The Balaban J connectivity index is 1.48. The maximum absolute atomic E-state index is 13.0. The molecule has 0 saturated carbocycles. The van der Waals surface area contributed by atoms with Crippen LogP contribution in [0.3, 0.4) is 0 Å². The van der Waals surface area contributed by atoms with E-state index in [2.05, 4.69) is 4.90 Å². The number of sulfonamides is 1. The summed E-state index contributed by atoms with van der Waals surface area (Å²) in [5.41, 5.74) is 1.44. The number of hydrogen-bond donors (Lipinski definition) is 0. The molecular formula is C22H27ClN4O4S. The van der Waals surface area contributed by atoms with Gasteiger partial charge in [-0.1, -0.05) is 30.2 Å². The lowest BCUT2D eigenvalue weighted by Gasteiger charge is -2.36. The number of rotatable bonds is 6. The SMILES string of the molecule is O=[N+]([O-])c1cc(S(=O)(=O)N2CCCCC2)ccc1N1CCN(Cc2cccc(Cl)c2)CC1.